The summed E-state index contributed by atoms with van der Waals surface area (Å²) in [7, 11) is 0. The third kappa shape index (κ3) is 2.64. The smallest absolute Gasteiger partial charge is 0.174 e. The van der Waals surface area contributed by atoms with Crippen LogP contribution in [0.1, 0.15) is 42.1 Å². The Morgan fingerprint density at radius 2 is 2.00 bits per heavy atom. The highest BCUT2D eigenvalue weighted by atomic mass is 79.9. The summed E-state index contributed by atoms with van der Waals surface area (Å²) in [6.45, 7) is 6.63. The van der Waals surface area contributed by atoms with Crippen molar-refractivity contribution in [1.82, 2.24) is 0 Å². The minimum absolute atomic E-state index is 0.121. The maximum absolute atomic E-state index is 6.24. The molecule has 0 aliphatic heterocycles. The van der Waals surface area contributed by atoms with E-state index in [2.05, 4.69) is 48.8 Å². The van der Waals surface area contributed by atoms with Gasteiger partial charge >= 0.3 is 0 Å². The number of nitrogens with two attached hydrogens (primary N) is 1. The summed E-state index contributed by atoms with van der Waals surface area (Å²) in [6.07, 6.45) is 1.65. The molecule has 0 spiro atoms. The summed E-state index contributed by atoms with van der Waals surface area (Å²) in [5.74, 6) is 0. The minimum Gasteiger partial charge on any atom is -0.457 e. The number of hydrogen-bond acceptors (Lipinski definition) is 3. The normalized spacial score (nSPS) is 13.9. The molecule has 0 aliphatic rings. The van der Waals surface area contributed by atoms with Gasteiger partial charge in [0.1, 0.15) is 0 Å². The van der Waals surface area contributed by atoms with E-state index in [1.54, 1.807) is 17.6 Å². The van der Waals surface area contributed by atoms with Crippen molar-refractivity contribution in [3.05, 3.63) is 44.4 Å². The van der Waals surface area contributed by atoms with Gasteiger partial charge in [-0.15, -0.1) is 11.3 Å². The largest absolute Gasteiger partial charge is 0.457 e. The van der Waals surface area contributed by atoms with Crippen molar-refractivity contribution < 1.29 is 4.42 Å². The predicted octanol–water partition coefficient (Wildman–Crippen LogP) is 4.45. The van der Waals surface area contributed by atoms with E-state index in [4.69, 9.17) is 10.2 Å². The van der Waals surface area contributed by atoms with Crippen LogP contribution in [0, 0.1) is 0 Å². The Morgan fingerprint density at radius 1 is 1.29 bits per heavy atom. The second-order valence-corrected chi connectivity index (χ2v) is 6.91. The van der Waals surface area contributed by atoms with Gasteiger partial charge in [-0.3, -0.25) is 0 Å². The fourth-order valence-corrected chi connectivity index (χ4v) is 3.18. The van der Waals surface area contributed by atoms with E-state index in [0.717, 1.165) is 15.1 Å². The highest BCUT2D eigenvalue weighted by Gasteiger charge is 2.20. The molecule has 2 N–H and O–H groups in total. The van der Waals surface area contributed by atoms with E-state index in [-0.39, 0.29) is 11.5 Å². The number of thiophene rings is 1. The first-order chi connectivity index (χ1) is 7.89. The molecule has 0 radical (unpaired) electrons. The van der Waals surface area contributed by atoms with Crippen molar-refractivity contribution in [3.63, 3.8) is 0 Å². The molecule has 2 aromatic heterocycles. The van der Waals surface area contributed by atoms with Crippen molar-refractivity contribution in [2.75, 3.05) is 0 Å². The topological polar surface area (TPSA) is 39.2 Å². The molecule has 2 nitrogen and oxygen atoms in total. The number of rotatable bonds is 2. The predicted molar refractivity (Wildman–Crippen MR) is 75.5 cm³/mol. The average molecular weight is 314 g/mol. The summed E-state index contributed by atoms with van der Waals surface area (Å²) in [4.78, 5) is 2.51. The molecule has 0 aromatic carbocycles. The van der Waals surface area contributed by atoms with Crippen LogP contribution in [0.4, 0.5) is 0 Å². The first kappa shape index (κ1) is 12.9. The third-order valence-corrected chi connectivity index (χ3v) is 4.89. The third-order valence-electron chi connectivity index (χ3n) is 2.65. The van der Waals surface area contributed by atoms with Crippen molar-refractivity contribution in [3.8, 4) is 0 Å². The highest BCUT2D eigenvalue weighted by molar-refractivity contribution is 9.10. The SMILES string of the molecule is CC(C)(C)c1ccc(C(N)c2ccoc2Br)s1. The van der Waals surface area contributed by atoms with Gasteiger partial charge < -0.3 is 10.2 Å². The molecular formula is C13H16BrNOS. The lowest BCUT2D eigenvalue weighted by molar-refractivity contribution is 0.535. The number of furan rings is 1. The quantitative estimate of drug-likeness (QED) is 0.889. The standard InChI is InChI=1S/C13H16BrNOS/c1-13(2,3)10-5-4-9(17-10)11(15)8-6-7-16-12(8)14/h4-7,11H,15H2,1-3H3. The first-order valence-electron chi connectivity index (χ1n) is 5.48. The maximum atomic E-state index is 6.24. The summed E-state index contributed by atoms with van der Waals surface area (Å²) in [5, 5.41) is 0. The molecule has 0 saturated carbocycles. The number of halogens is 1. The van der Waals surface area contributed by atoms with Crippen LogP contribution in [-0.4, -0.2) is 0 Å². The lowest BCUT2D eigenvalue weighted by atomic mass is 9.95. The van der Waals surface area contributed by atoms with E-state index < -0.39 is 0 Å². The molecule has 1 unspecified atom stereocenters. The molecule has 2 heterocycles. The fraction of sp³-hybridized carbons (Fsp3) is 0.385. The molecule has 17 heavy (non-hydrogen) atoms. The molecule has 4 heteroatoms. The maximum Gasteiger partial charge on any atom is 0.174 e. The van der Waals surface area contributed by atoms with Crippen LogP contribution in [0.15, 0.2) is 33.5 Å². The van der Waals surface area contributed by atoms with Crippen LogP contribution in [0.5, 0.6) is 0 Å². The van der Waals surface area contributed by atoms with E-state index in [9.17, 15) is 0 Å². The van der Waals surface area contributed by atoms with E-state index in [1.807, 2.05) is 6.07 Å². The van der Waals surface area contributed by atoms with Crippen LogP contribution in [-0.2, 0) is 5.41 Å². The lowest BCUT2D eigenvalue weighted by Crippen LogP contribution is -2.10. The Hall–Kier alpha value is -0.580. The monoisotopic (exact) mass is 313 g/mol. The summed E-state index contributed by atoms with van der Waals surface area (Å²) in [6, 6.07) is 6.05. The Labute approximate surface area is 114 Å². The van der Waals surface area contributed by atoms with Gasteiger partial charge in [-0.05, 0) is 39.5 Å². The summed E-state index contributed by atoms with van der Waals surface area (Å²) < 4.78 is 5.94. The molecule has 0 bridgehead atoms. The zero-order valence-electron chi connectivity index (χ0n) is 10.2. The van der Waals surface area contributed by atoms with Crippen LogP contribution >= 0.6 is 27.3 Å². The molecule has 0 saturated heterocycles. The fourth-order valence-electron chi connectivity index (χ4n) is 1.60. The van der Waals surface area contributed by atoms with Gasteiger partial charge in [0, 0.05) is 15.3 Å². The molecule has 0 amide bonds. The van der Waals surface area contributed by atoms with E-state index in [1.165, 1.54) is 4.88 Å². The second-order valence-electron chi connectivity index (χ2n) is 5.08. The zero-order chi connectivity index (χ0) is 12.6. The van der Waals surface area contributed by atoms with Gasteiger partial charge in [0.25, 0.3) is 0 Å². The lowest BCUT2D eigenvalue weighted by Gasteiger charge is -2.15. The Kier molecular flexibility index (Phi) is 3.48. The van der Waals surface area contributed by atoms with Crippen LogP contribution in [0.3, 0.4) is 0 Å². The van der Waals surface area contributed by atoms with Crippen molar-refractivity contribution >= 4 is 27.3 Å². The average Bonchev–Trinajstić information content (AvgIpc) is 2.83. The Bertz CT molecular complexity index is 509. The highest BCUT2D eigenvalue weighted by Crippen LogP contribution is 2.35. The van der Waals surface area contributed by atoms with Gasteiger partial charge in [-0.1, -0.05) is 20.8 Å². The Morgan fingerprint density at radius 3 is 2.47 bits per heavy atom. The molecule has 92 valence electrons. The van der Waals surface area contributed by atoms with Crippen molar-refractivity contribution in [2.24, 2.45) is 5.73 Å². The van der Waals surface area contributed by atoms with Crippen LogP contribution < -0.4 is 5.73 Å². The second kappa shape index (κ2) is 4.59. The van der Waals surface area contributed by atoms with E-state index >= 15 is 0 Å². The van der Waals surface area contributed by atoms with Gasteiger partial charge in [0.2, 0.25) is 0 Å². The zero-order valence-corrected chi connectivity index (χ0v) is 12.6. The number of hydrogen-bond donors (Lipinski definition) is 1. The first-order valence-corrected chi connectivity index (χ1v) is 7.09. The van der Waals surface area contributed by atoms with Gasteiger partial charge in [0.05, 0.1) is 12.3 Å². The van der Waals surface area contributed by atoms with Gasteiger partial charge in [-0.25, -0.2) is 0 Å². The molecule has 1 atom stereocenters. The molecule has 0 fully saturated rings. The summed E-state index contributed by atoms with van der Waals surface area (Å²) in [5.41, 5.74) is 7.41. The molecule has 2 aromatic rings. The van der Waals surface area contributed by atoms with Crippen molar-refractivity contribution in [1.29, 1.82) is 0 Å². The van der Waals surface area contributed by atoms with Gasteiger partial charge in [-0.2, -0.15) is 0 Å². The summed E-state index contributed by atoms with van der Waals surface area (Å²) >= 11 is 5.14. The molecule has 0 aliphatic carbocycles. The molecular weight excluding hydrogens is 298 g/mol. The van der Waals surface area contributed by atoms with Crippen LogP contribution in [0.25, 0.3) is 0 Å². The minimum atomic E-state index is -0.121. The van der Waals surface area contributed by atoms with E-state index in [0.29, 0.717) is 0 Å². The van der Waals surface area contributed by atoms with Crippen molar-refractivity contribution in [2.45, 2.75) is 32.2 Å². The van der Waals surface area contributed by atoms with Gasteiger partial charge in [0.15, 0.2) is 4.67 Å². The Balaban J connectivity index is 2.30. The van der Waals surface area contributed by atoms with Crippen LogP contribution in [0.2, 0.25) is 0 Å². The molecule has 2 rings (SSSR count).